The molecule has 0 saturated carbocycles. The maximum Gasteiger partial charge on any atom is 0.414 e. The Balaban J connectivity index is 2.08. The number of amides is 1. The van der Waals surface area contributed by atoms with Crippen LogP contribution < -0.4 is 5.32 Å². The van der Waals surface area contributed by atoms with Crippen LogP contribution in [0, 0.1) is 5.92 Å². The molecule has 7 heteroatoms. The number of aromatic nitrogens is 1. The Labute approximate surface area is 173 Å². The van der Waals surface area contributed by atoms with Gasteiger partial charge in [0.05, 0.1) is 23.6 Å². The van der Waals surface area contributed by atoms with Crippen LogP contribution in [0.15, 0.2) is 30.6 Å². The van der Waals surface area contributed by atoms with E-state index in [-0.39, 0.29) is 30.6 Å². The van der Waals surface area contributed by atoms with Crippen LogP contribution in [0.5, 0.6) is 0 Å². The smallest absolute Gasteiger partial charge is 0.414 e. The Bertz CT molecular complexity index is 745. The van der Waals surface area contributed by atoms with Gasteiger partial charge in [-0.05, 0) is 66.0 Å². The summed E-state index contributed by atoms with van der Waals surface area (Å²) in [6.07, 6.45) is 5.87. The minimum absolute atomic E-state index is 0.0604. The molecule has 160 valence electrons. The number of rotatable bonds is 4. The highest BCUT2D eigenvalue weighted by Crippen LogP contribution is 2.35. The maximum absolute atomic E-state index is 12.7. The van der Waals surface area contributed by atoms with E-state index in [4.69, 9.17) is 9.47 Å². The Morgan fingerprint density at radius 2 is 1.79 bits per heavy atom. The third kappa shape index (κ3) is 7.07. The molecule has 0 aromatic carbocycles. The molecule has 2 rings (SSSR count). The number of nitrogens with zero attached hydrogens (tertiary/aromatic N) is 2. The Morgan fingerprint density at radius 3 is 2.34 bits per heavy atom. The van der Waals surface area contributed by atoms with E-state index in [0.29, 0.717) is 5.69 Å². The van der Waals surface area contributed by atoms with Crippen molar-refractivity contribution >= 4 is 17.7 Å². The lowest BCUT2D eigenvalue weighted by molar-refractivity contribution is -0.152. The van der Waals surface area contributed by atoms with E-state index >= 15 is 0 Å². The molecule has 0 aliphatic carbocycles. The van der Waals surface area contributed by atoms with Crippen LogP contribution in [-0.4, -0.2) is 39.7 Å². The molecule has 29 heavy (non-hydrogen) atoms. The van der Waals surface area contributed by atoms with Crippen LogP contribution in [0.25, 0.3) is 0 Å². The second kappa shape index (κ2) is 8.84. The summed E-state index contributed by atoms with van der Waals surface area (Å²) < 4.78 is 10.8. The molecule has 1 N–H and O–H groups in total. The first-order valence-electron chi connectivity index (χ1n) is 9.95. The van der Waals surface area contributed by atoms with E-state index in [9.17, 15) is 9.59 Å². The fourth-order valence-electron chi connectivity index (χ4n) is 3.04. The molecule has 1 aromatic rings. The number of allylic oxidation sites excluding steroid dienone is 1. The van der Waals surface area contributed by atoms with E-state index in [2.05, 4.69) is 17.2 Å². The first-order valence-corrected chi connectivity index (χ1v) is 9.95. The van der Waals surface area contributed by atoms with Gasteiger partial charge in [-0.3, -0.25) is 14.7 Å². The van der Waals surface area contributed by atoms with Crippen molar-refractivity contribution in [3.8, 4) is 0 Å². The Morgan fingerprint density at radius 1 is 1.14 bits per heavy atom. The zero-order valence-electron chi connectivity index (χ0n) is 18.5. The number of esters is 1. The predicted molar refractivity (Wildman–Crippen MR) is 112 cm³/mol. The third-order valence-electron chi connectivity index (χ3n) is 4.16. The number of ether oxygens (including phenoxy) is 2. The number of pyridine rings is 1. The van der Waals surface area contributed by atoms with Gasteiger partial charge in [0.2, 0.25) is 0 Å². The van der Waals surface area contributed by atoms with E-state index in [1.807, 2.05) is 59.8 Å². The molecule has 2 atom stereocenters. The summed E-state index contributed by atoms with van der Waals surface area (Å²) in [5.74, 6) is -0.135. The summed E-state index contributed by atoms with van der Waals surface area (Å²) in [7, 11) is 0. The molecule has 1 aromatic heterocycles. The second-order valence-corrected chi connectivity index (χ2v) is 9.34. The van der Waals surface area contributed by atoms with Gasteiger partial charge in [-0.2, -0.15) is 0 Å². The first kappa shape index (κ1) is 22.7. The minimum atomic E-state index is -0.570. The normalized spacial score (nSPS) is 19.6. The summed E-state index contributed by atoms with van der Waals surface area (Å²) in [6.45, 7) is 13.2. The lowest BCUT2D eigenvalue weighted by Gasteiger charge is -2.36. The van der Waals surface area contributed by atoms with Crippen LogP contribution in [-0.2, 0) is 14.3 Å². The molecule has 0 fully saturated rings. The van der Waals surface area contributed by atoms with Gasteiger partial charge in [-0.25, -0.2) is 4.79 Å². The van der Waals surface area contributed by atoms with Crippen molar-refractivity contribution in [2.45, 2.75) is 72.1 Å². The lowest BCUT2D eigenvalue weighted by atomic mass is 9.91. The highest BCUT2D eigenvalue weighted by molar-refractivity contribution is 5.75. The number of hydrogen-bond donors (Lipinski definition) is 1. The monoisotopic (exact) mass is 403 g/mol. The number of anilines is 1. The van der Waals surface area contributed by atoms with Crippen LogP contribution in [0.2, 0.25) is 0 Å². The fourth-order valence-corrected chi connectivity index (χ4v) is 3.04. The standard InChI is InChI=1S/C22H33N3O4/c1-15-9-8-12-25(20(27)29-22(5,6)7)19(15)17-11-10-16(13-24-17)23-14-18(26)28-21(2,3)4/h8,10-13,15,19,23H,9,14H2,1-7H3. The Hall–Kier alpha value is -2.57. The van der Waals surface area contributed by atoms with Crippen molar-refractivity contribution in [3.63, 3.8) is 0 Å². The van der Waals surface area contributed by atoms with Gasteiger partial charge < -0.3 is 14.8 Å². The topological polar surface area (TPSA) is 80.8 Å². The van der Waals surface area contributed by atoms with Gasteiger partial charge >= 0.3 is 12.1 Å². The second-order valence-electron chi connectivity index (χ2n) is 9.34. The summed E-state index contributed by atoms with van der Waals surface area (Å²) >= 11 is 0. The van der Waals surface area contributed by atoms with Crippen molar-refractivity contribution in [1.29, 1.82) is 0 Å². The summed E-state index contributed by atoms with van der Waals surface area (Å²) in [6, 6.07) is 3.51. The van der Waals surface area contributed by atoms with Crippen molar-refractivity contribution < 1.29 is 19.1 Å². The molecule has 1 aliphatic heterocycles. The van der Waals surface area contributed by atoms with Gasteiger partial charge in [0, 0.05) is 6.20 Å². The van der Waals surface area contributed by atoms with Gasteiger partial charge in [0.1, 0.15) is 17.7 Å². The number of nitrogens with one attached hydrogen (secondary N) is 1. The predicted octanol–water partition coefficient (Wildman–Crippen LogP) is 4.67. The molecule has 1 aliphatic rings. The number of hydrogen-bond acceptors (Lipinski definition) is 6. The minimum Gasteiger partial charge on any atom is -0.459 e. The fraction of sp³-hybridized carbons (Fsp3) is 0.591. The van der Waals surface area contributed by atoms with E-state index in [1.165, 1.54) is 0 Å². The van der Waals surface area contributed by atoms with E-state index in [1.54, 1.807) is 17.3 Å². The van der Waals surface area contributed by atoms with Crippen LogP contribution in [0.3, 0.4) is 0 Å². The summed E-state index contributed by atoms with van der Waals surface area (Å²) in [4.78, 5) is 30.7. The highest BCUT2D eigenvalue weighted by atomic mass is 16.6. The van der Waals surface area contributed by atoms with Gasteiger partial charge in [-0.1, -0.05) is 13.0 Å². The SMILES string of the molecule is CC1CC=CN(C(=O)OC(C)(C)C)C1c1ccc(NCC(=O)OC(C)(C)C)cn1. The molecule has 7 nitrogen and oxygen atoms in total. The van der Waals surface area contributed by atoms with Gasteiger partial charge in [0.15, 0.2) is 0 Å². The third-order valence-corrected chi connectivity index (χ3v) is 4.16. The average molecular weight is 404 g/mol. The summed E-state index contributed by atoms with van der Waals surface area (Å²) in [5.41, 5.74) is 0.397. The highest BCUT2D eigenvalue weighted by Gasteiger charge is 2.34. The molecule has 2 heterocycles. The molecule has 0 spiro atoms. The number of carbonyl (C=O) groups excluding carboxylic acids is 2. The molecule has 1 amide bonds. The van der Waals surface area contributed by atoms with Crippen molar-refractivity contribution in [1.82, 2.24) is 9.88 Å². The quantitative estimate of drug-likeness (QED) is 0.736. The first-order chi connectivity index (χ1) is 13.4. The van der Waals surface area contributed by atoms with Crippen LogP contribution in [0.4, 0.5) is 10.5 Å². The molecular weight excluding hydrogens is 370 g/mol. The zero-order chi connectivity index (χ0) is 21.8. The van der Waals surface area contributed by atoms with Crippen LogP contribution >= 0.6 is 0 Å². The average Bonchev–Trinajstić information content (AvgIpc) is 2.57. The molecule has 2 unspecified atom stereocenters. The van der Waals surface area contributed by atoms with Crippen molar-refractivity contribution in [2.24, 2.45) is 5.92 Å². The van der Waals surface area contributed by atoms with Crippen LogP contribution in [0.1, 0.15) is 66.6 Å². The summed E-state index contributed by atoms with van der Waals surface area (Å²) in [5, 5.41) is 3.02. The van der Waals surface area contributed by atoms with Crippen molar-refractivity contribution in [2.75, 3.05) is 11.9 Å². The van der Waals surface area contributed by atoms with Gasteiger partial charge in [0.25, 0.3) is 0 Å². The van der Waals surface area contributed by atoms with Gasteiger partial charge in [-0.15, -0.1) is 0 Å². The van der Waals surface area contributed by atoms with E-state index < -0.39 is 11.2 Å². The number of carbonyl (C=O) groups is 2. The molecular formula is C22H33N3O4. The molecule has 0 saturated heterocycles. The zero-order valence-corrected chi connectivity index (χ0v) is 18.5. The lowest BCUT2D eigenvalue weighted by Crippen LogP contribution is -2.40. The largest absolute Gasteiger partial charge is 0.459 e. The van der Waals surface area contributed by atoms with E-state index in [0.717, 1.165) is 12.1 Å². The molecule has 0 bridgehead atoms. The maximum atomic E-state index is 12.7. The van der Waals surface area contributed by atoms with Crippen molar-refractivity contribution in [3.05, 3.63) is 36.3 Å². The Kier molecular flexibility index (Phi) is 6.93. The molecule has 0 radical (unpaired) electrons.